The largest absolute Gasteiger partial charge is 0.396 e. The minimum absolute atomic E-state index is 0.290. The summed E-state index contributed by atoms with van der Waals surface area (Å²) < 4.78 is 0. The fourth-order valence-corrected chi connectivity index (χ4v) is 3.05. The average Bonchev–Trinajstić information content (AvgIpc) is 2.74. The lowest BCUT2D eigenvalue weighted by molar-refractivity contribution is -0.129. The van der Waals surface area contributed by atoms with Gasteiger partial charge in [-0.1, -0.05) is 17.7 Å². The summed E-state index contributed by atoms with van der Waals surface area (Å²) in [4.78, 5) is 15.9. The molecule has 1 aromatic carbocycles. The van der Waals surface area contributed by atoms with Crippen LogP contribution in [0.3, 0.4) is 0 Å². The highest BCUT2D eigenvalue weighted by Gasteiger charge is 2.35. The van der Waals surface area contributed by atoms with Crippen LogP contribution in [0, 0.1) is 0 Å². The summed E-state index contributed by atoms with van der Waals surface area (Å²) in [6.45, 7) is 2.47. The molecule has 0 radical (unpaired) electrons. The van der Waals surface area contributed by atoms with Crippen LogP contribution in [0.15, 0.2) is 18.2 Å². The van der Waals surface area contributed by atoms with Crippen molar-refractivity contribution in [1.29, 1.82) is 0 Å². The maximum absolute atomic E-state index is 11.6. The normalized spacial score (nSPS) is 23.4. The molecule has 5 heteroatoms. The number of anilines is 2. The molecule has 96 valence electrons. The lowest BCUT2D eigenvalue weighted by atomic mass is 10.1. The summed E-state index contributed by atoms with van der Waals surface area (Å²) in [5.74, 6) is 0.290. The van der Waals surface area contributed by atoms with Crippen LogP contribution in [-0.4, -0.2) is 36.5 Å². The molecule has 4 nitrogen and oxygen atoms in total. The number of nitrogen functional groups attached to an aromatic ring is 1. The van der Waals surface area contributed by atoms with Gasteiger partial charge in [0.2, 0.25) is 5.91 Å². The van der Waals surface area contributed by atoms with E-state index in [1.54, 1.807) is 6.07 Å². The molecule has 1 amide bonds. The van der Waals surface area contributed by atoms with Crippen LogP contribution in [0.5, 0.6) is 0 Å². The van der Waals surface area contributed by atoms with E-state index in [4.69, 9.17) is 17.3 Å². The van der Waals surface area contributed by atoms with Gasteiger partial charge in [0, 0.05) is 32.1 Å². The highest BCUT2D eigenvalue weighted by Crippen LogP contribution is 2.33. The molecule has 1 atom stereocenters. The molecule has 2 N–H and O–H groups in total. The molecule has 0 aromatic heterocycles. The first-order valence-corrected chi connectivity index (χ1v) is 6.63. The Hall–Kier alpha value is -1.42. The Balaban J connectivity index is 1.83. The zero-order valence-corrected chi connectivity index (χ0v) is 10.9. The van der Waals surface area contributed by atoms with Gasteiger partial charge in [0.05, 0.1) is 16.4 Å². The SMILES string of the molecule is Nc1c(Cl)cccc1N1CCN2C(=O)CCC2C1. The van der Waals surface area contributed by atoms with Crippen LogP contribution in [0.2, 0.25) is 5.02 Å². The van der Waals surface area contributed by atoms with E-state index in [9.17, 15) is 4.79 Å². The quantitative estimate of drug-likeness (QED) is 0.787. The Kier molecular flexibility index (Phi) is 2.82. The third kappa shape index (κ3) is 1.81. The van der Waals surface area contributed by atoms with Crippen LogP contribution in [0.25, 0.3) is 0 Å². The second-order valence-corrected chi connectivity index (χ2v) is 5.31. The van der Waals surface area contributed by atoms with Gasteiger partial charge < -0.3 is 15.5 Å². The number of benzene rings is 1. The summed E-state index contributed by atoms with van der Waals surface area (Å²) in [5, 5.41) is 0.595. The molecule has 2 heterocycles. The predicted octanol–water partition coefficient (Wildman–Crippen LogP) is 1.73. The number of hydrogen-bond acceptors (Lipinski definition) is 3. The summed E-state index contributed by atoms with van der Waals surface area (Å²) in [6, 6.07) is 6.05. The number of fused-ring (bicyclic) bond motifs is 1. The number of rotatable bonds is 1. The van der Waals surface area contributed by atoms with Gasteiger partial charge in [-0.2, -0.15) is 0 Å². The number of hydrogen-bond donors (Lipinski definition) is 1. The Morgan fingerprint density at radius 3 is 3.00 bits per heavy atom. The second-order valence-electron chi connectivity index (χ2n) is 4.90. The number of carbonyl (C=O) groups excluding carboxylic acids is 1. The van der Waals surface area contributed by atoms with Crippen LogP contribution in [0.4, 0.5) is 11.4 Å². The molecule has 0 saturated carbocycles. The molecule has 0 bridgehead atoms. The molecule has 2 aliphatic rings. The highest BCUT2D eigenvalue weighted by atomic mass is 35.5. The first-order valence-electron chi connectivity index (χ1n) is 6.25. The van der Waals surface area contributed by atoms with Gasteiger partial charge in [0.1, 0.15) is 0 Å². The van der Waals surface area contributed by atoms with E-state index >= 15 is 0 Å². The van der Waals surface area contributed by atoms with Crippen molar-refractivity contribution in [2.45, 2.75) is 18.9 Å². The number of nitrogens with two attached hydrogens (primary N) is 1. The first kappa shape index (κ1) is 11.7. The number of amides is 1. The van der Waals surface area contributed by atoms with E-state index in [0.29, 0.717) is 29.1 Å². The summed E-state index contributed by atoms with van der Waals surface area (Å²) in [7, 11) is 0. The van der Waals surface area contributed by atoms with Crippen molar-refractivity contribution in [2.24, 2.45) is 0 Å². The molecule has 0 spiro atoms. The molecule has 2 fully saturated rings. The first-order chi connectivity index (χ1) is 8.66. The van der Waals surface area contributed by atoms with Gasteiger partial charge >= 0.3 is 0 Å². The Bertz CT molecular complexity index is 491. The van der Waals surface area contributed by atoms with Crippen LogP contribution >= 0.6 is 11.6 Å². The van der Waals surface area contributed by atoms with Gasteiger partial charge in [-0.15, -0.1) is 0 Å². The Morgan fingerprint density at radius 2 is 2.17 bits per heavy atom. The lowest BCUT2D eigenvalue weighted by Gasteiger charge is -2.39. The minimum atomic E-state index is 0.290. The molecule has 0 aliphatic carbocycles. The molecule has 2 aliphatic heterocycles. The number of para-hydroxylation sites is 1. The van der Waals surface area contributed by atoms with Crippen molar-refractivity contribution in [3.63, 3.8) is 0 Å². The van der Waals surface area contributed by atoms with Crippen molar-refractivity contribution in [2.75, 3.05) is 30.3 Å². The van der Waals surface area contributed by atoms with Crippen LogP contribution in [0.1, 0.15) is 12.8 Å². The monoisotopic (exact) mass is 265 g/mol. The zero-order chi connectivity index (χ0) is 12.7. The van der Waals surface area contributed by atoms with Crippen molar-refractivity contribution in [3.8, 4) is 0 Å². The van der Waals surface area contributed by atoms with Gasteiger partial charge in [0.25, 0.3) is 0 Å². The Morgan fingerprint density at radius 1 is 1.33 bits per heavy atom. The van der Waals surface area contributed by atoms with E-state index in [-0.39, 0.29) is 0 Å². The van der Waals surface area contributed by atoms with E-state index in [0.717, 1.165) is 31.7 Å². The van der Waals surface area contributed by atoms with Gasteiger partial charge in [-0.3, -0.25) is 4.79 Å². The number of carbonyl (C=O) groups is 1. The smallest absolute Gasteiger partial charge is 0.223 e. The van der Waals surface area contributed by atoms with Crippen molar-refractivity contribution < 1.29 is 4.79 Å². The lowest BCUT2D eigenvalue weighted by Crippen LogP contribution is -2.51. The third-order valence-corrected chi connectivity index (χ3v) is 4.19. The molecular formula is C13H16ClN3O. The van der Waals surface area contributed by atoms with Crippen molar-refractivity contribution in [1.82, 2.24) is 4.90 Å². The van der Waals surface area contributed by atoms with E-state index in [1.165, 1.54) is 0 Å². The molecule has 18 heavy (non-hydrogen) atoms. The third-order valence-electron chi connectivity index (χ3n) is 3.87. The molecule has 2 saturated heterocycles. The van der Waals surface area contributed by atoms with E-state index < -0.39 is 0 Å². The fourth-order valence-electron chi connectivity index (χ4n) is 2.88. The van der Waals surface area contributed by atoms with Gasteiger partial charge in [0.15, 0.2) is 0 Å². The average molecular weight is 266 g/mol. The fraction of sp³-hybridized carbons (Fsp3) is 0.462. The predicted molar refractivity (Wildman–Crippen MR) is 72.8 cm³/mol. The van der Waals surface area contributed by atoms with Crippen molar-refractivity contribution >= 4 is 28.9 Å². The summed E-state index contributed by atoms with van der Waals surface area (Å²) >= 11 is 6.05. The minimum Gasteiger partial charge on any atom is -0.396 e. The highest BCUT2D eigenvalue weighted by molar-refractivity contribution is 6.33. The van der Waals surface area contributed by atoms with Crippen molar-refractivity contribution in [3.05, 3.63) is 23.2 Å². The molecule has 3 rings (SSSR count). The second kappa shape index (κ2) is 4.35. The van der Waals surface area contributed by atoms with Crippen LogP contribution in [-0.2, 0) is 4.79 Å². The zero-order valence-electron chi connectivity index (χ0n) is 10.1. The summed E-state index contributed by atoms with van der Waals surface area (Å²) in [5.41, 5.74) is 7.65. The van der Waals surface area contributed by atoms with Gasteiger partial charge in [-0.25, -0.2) is 0 Å². The van der Waals surface area contributed by atoms with Crippen LogP contribution < -0.4 is 10.6 Å². The number of halogens is 1. The standard InChI is InChI=1S/C13H16ClN3O/c14-10-2-1-3-11(13(10)15)16-6-7-17-9(8-16)4-5-12(17)18/h1-3,9H,4-8,15H2. The topological polar surface area (TPSA) is 49.6 Å². The molecule has 1 aromatic rings. The van der Waals surface area contributed by atoms with Gasteiger partial charge in [-0.05, 0) is 18.6 Å². The number of piperazine rings is 1. The summed E-state index contributed by atoms with van der Waals surface area (Å²) in [6.07, 6.45) is 1.64. The maximum Gasteiger partial charge on any atom is 0.223 e. The maximum atomic E-state index is 11.6. The van der Waals surface area contributed by atoms with E-state index in [2.05, 4.69) is 4.90 Å². The molecule has 1 unspecified atom stereocenters. The Labute approximate surface area is 111 Å². The number of nitrogens with zero attached hydrogens (tertiary/aromatic N) is 2. The molecular weight excluding hydrogens is 250 g/mol. The van der Waals surface area contributed by atoms with E-state index in [1.807, 2.05) is 17.0 Å².